The summed E-state index contributed by atoms with van der Waals surface area (Å²) in [6.07, 6.45) is 6.07. The summed E-state index contributed by atoms with van der Waals surface area (Å²) in [5.41, 5.74) is 0.561. The smallest absolute Gasteiger partial charge is 0.473 e. The monoisotopic (exact) mass is 630 g/mol. The average molecular weight is 631 g/mol. The number of aliphatic hydroxyl groups is 1. The lowest BCUT2D eigenvalue weighted by Crippen LogP contribution is -2.37. The summed E-state index contributed by atoms with van der Waals surface area (Å²) in [5, 5.41) is 30.0. The summed E-state index contributed by atoms with van der Waals surface area (Å²) in [7, 11) is -3.71. The number of hydrogen-bond donors (Lipinski definition) is 4. The van der Waals surface area contributed by atoms with Gasteiger partial charge in [0.2, 0.25) is 0 Å². The van der Waals surface area contributed by atoms with Gasteiger partial charge in [-0.2, -0.15) is 0 Å². The van der Waals surface area contributed by atoms with E-state index in [2.05, 4.69) is 0 Å². The number of benzene rings is 1. The van der Waals surface area contributed by atoms with E-state index < -0.39 is 56.7 Å². The second kappa shape index (κ2) is 17.0. The molecule has 1 aromatic carbocycles. The normalized spacial score (nSPS) is 22.4. The van der Waals surface area contributed by atoms with E-state index in [1.807, 2.05) is 19.9 Å². The molecule has 0 saturated carbocycles. The quantitative estimate of drug-likeness (QED) is 0.102. The highest BCUT2D eigenvalue weighted by Gasteiger charge is 2.38. The van der Waals surface area contributed by atoms with E-state index in [1.165, 1.54) is 25.3 Å². The number of halogens is 1. The van der Waals surface area contributed by atoms with Gasteiger partial charge in [-0.3, -0.25) is 9.05 Å². The fourth-order valence-corrected chi connectivity index (χ4v) is 6.07. The van der Waals surface area contributed by atoms with Crippen LogP contribution in [0.1, 0.15) is 45.6 Å². The fourth-order valence-electron chi connectivity index (χ4n) is 4.72. The number of phosphoric ester groups is 1. The van der Waals surface area contributed by atoms with Crippen molar-refractivity contribution in [3.8, 4) is 5.75 Å². The summed E-state index contributed by atoms with van der Waals surface area (Å²) in [5.74, 6) is -2.65. The number of carbonyl (C=O) groups excluding carboxylic acids is 1. The number of aromatic hydroxyl groups is 1. The molecule has 2 rings (SSSR count). The minimum atomic E-state index is -4.93. The predicted octanol–water partition coefficient (Wildman–Crippen LogP) is 5.14. The molecule has 1 heterocycles. The number of aliphatic carboxylic acids is 1. The Morgan fingerprint density at radius 2 is 1.93 bits per heavy atom. The van der Waals surface area contributed by atoms with Crippen molar-refractivity contribution in [1.29, 1.82) is 0 Å². The molecule has 4 N–H and O–H groups in total. The van der Waals surface area contributed by atoms with Crippen molar-refractivity contribution in [2.45, 2.75) is 64.4 Å². The molecule has 1 aliphatic rings. The van der Waals surface area contributed by atoms with E-state index in [0.717, 1.165) is 6.42 Å². The first-order chi connectivity index (χ1) is 19.8. The molecule has 1 unspecified atom stereocenters. The van der Waals surface area contributed by atoms with Crippen LogP contribution in [0.25, 0.3) is 6.08 Å². The maximum Gasteiger partial charge on any atom is 0.473 e. The SMILES string of the molecule is CC[C@@H]1C=CC(=O)O[C@@H]1[C@H](C)C[C@@H](C)[C@H](C[C@@H](O)/C=C\C=C\c1cccc(O)c1Cl)OP(=O)(O)O[C@@H](COC)C(=O)O. The Morgan fingerprint density at radius 1 is 1.21 bits per heavy atom. The maximum absolute atomic E-state index is 12.9. The number of aliphatic hydroxyl groups excluding tert-OH is 1. The van der Waals surface area contributed by atoms with E-state index in [-0.39, 0.29) is 29.0 Å². The van der Waals surface area contributed by atoms with Gasteiger partial charge in [0.25, 0.3) is 0 Å². The van der Waals surface area contributed by atoms with Crippen LogP contribution >= 0.6 is 19.4 Å². The highest BCUT2D eigenvalue weighted by Crippen LogP contribution is 2.48. The largest absolute Gasteiger partial charge is 0.506 e. The molecule has 8 atom stereocenters. The number of phenolic OH excluding ortho intramolecular Hbond substituents is 1. The van der Waals surface area contributed by atoms with Crippen LogP contribution in [-0.2, 0) is 32.7 Å². The summed E-state index contributed by atoms with van der Waals surface area (Å²) < 4.78 is 33.5. The topological polar surface area (TPSA) is 169 Å². The lowest BCUT2D eigenvalue weighted by atomic mass is 9.81. The molecule has 0 fully saturated rings. The maximum atomic E-state index is 12.9. The van der Waals surface area contributed by atoms with Crippen LogP contribution in [0.5, 0.6) is 5.75 Å². The standard InChI is InChI=1S/C29H40ClO11P/c1-5-20-13-14-26(33)39-28(20)19(3)15-18(2)24(40-42(36,37)41-25(17-38-4)29(34)35)16-22(31)11-7-6-9-21-10-8-12-23(32)27(21)30/h6-14,18-20,22,24-25,28,31-32H,5,15-17H2,1-4H3,(H,34,35)(H,36,37)/b9-6+,11-7-/t18-,19-,20-,22+,24+,25+,28-/m1/s1. The van der Waals surface area contributed by atoms with Crippen molar-refractivity contribution in [2.24, 2.45) is 17.8 Å². The highest BCUT2D eigenvalue weighted by molar-refractivity contribution is 7.47. The molecular formula is C29H40ClO11P. The minimum Gasteiger partial charge on any atom is -0.506 e. The van der Waals surface area contributed by atoms with E-state index in [9.17, 15) is 34.4 Å². The Hall–Kier alpha value is -2.50. The van der Waals surface area contributed by atoms with Gasteiger partial charge in [0.05, 0.1) is 23.8 Å². The second-order valence-electron chi connectivity index (χ2n) is 10.3. The third-order valence-corrected chi connectivity index (χ3v) is 8.36. The molecular weight excluding hydrogens is 591 g/mol. The van der Waals surface area contributed by atoms with Crippen molar-refractivity contribution in [3.63, 3.8) is 0 Å². The lowest BCUT2D eigenvalue weighted by molar-refractivity contribution is -0.151. The minimum absolute atomic E-state index is 0.00209. The van der Waals surface area contributed by atoms with Crippen molar-refractivity contribution >= 4 is 37.4 Å². The van der Waals surface area contributed by atoms with E-state index >= 15 is 0 Å². The zero-order chi connectivity index (χ0) is 31.4. The van der Waals surface area contributed by atoms with Gasteiger partial charge < -0.3 is 29.7 Å². The fraction of sp³-hybridized carbons (Fsp3) is 0.517. The molecule has 1 aliphatic heterocycles. The van der Waals surface area contributed by atoms with Crippen LogP contribution < -0.4 is 0 Å². The molecule has 1 aromatic rings. The van der Waals surface area contributed by atoms with Gasteiger partial charge in [0.15, 0.2) is 6.10 Å². The Kier molecular flexibility index (Phi) is 14.4. The highest BCUT2D eigenvalue weighted by atomic mass is 35.5. The van der Waals surface area contributed by atoms with Gasteiger partial charge in [-0.05, 0) is 36.3 Å². The van der Waals surface area contributed by atoms with Crippen LogP contribution in [0.15, 0.2) is 48.6 Å². The lowest BCUT2D eigenvalue weighted by Gasteiger charge is -2.35. The average Bonchev–Trinajstić information content (AvgIpc) is 2.92. The second-order valence-corrected chi connectivity index (χ2v) is 12.0. The van der Waals surface area contributed by atoms with Gasteiger partial charge in [-0.25, -0.2) is 14.2 Å². The number of phosphoric acid groups is 1. The molecule has 0 saturated heterocycles. The molecule has 42 heavy (non-hydrogen) atoms. The van der Waals surface area contributed by atoms with Crippen molar-refractivity contribution in [1.82, 2.24) is 0 Å². The number of methoxy groups -OCH3 is 1. The van der Waals surface area contributed by atoms with Gasteiger partial charge in [0, 0.05) is 25.5 Å². The van der Waals surface area contributed by atoms with Crippen molar-refractivity contribution in [3.05, 3.63) is 59.2 Å². The summed E-state index contributed by atoms with van der Waals surface area (Å²) in [4.78, 5) is 33.8. The van der Waals surface area contributed by atoms with E-state index in [4.69, 9.17) is 30.1 Å². The number of ether oxygens (including phenoxy) is 2. The number of allylic oxidation sites excluding steroid dienone is 2. The number of carboxylic acid groups (broad SMARTS) is 1. The molecule has 0 amide bonds. The molecule has 0 aromatic heterocycles. The molecule has 0 aliphatic carbocycles. The van der Waals surface area contributed by atoms with Crippen molar-refractivity contribution in [2.75, 3.05) is 13.7 Å². The zero-order valence-electron chi connectivity index (χ0n) is 24.0. The third-order valence-electron chi connectivity index (χ3n) is 6.89. The van der Waals surface area contributed by atoms with Gasteiger partial charge >= 0.3 is 19.8 Å². The Bertz CT molecular complexity index is 1180. The number of esters is 1. The van der Waals surface area contributed by atoms with Crippen LogP contribution in [0.4, 0.5) is 0 Å². The summed E-state index contributed by atoms with van der Waals surface area (Å²) in [6.45, 7) is 5.15. The molecule has 0 spiro atoms. The number of hydrogen-bond acceptors (Lipinski definition) is 9. The number of phenols is 1. The van der Waals surface area contributed by atoms with Crippen molar-refractivity contribution < 1.29 is 52.9 Å². The number of carboxylic acids is 1. The number of carbonyl (C=O) groups is 2. The molecule has 11 nitrogen and oxygen atoms in total. The molecule has 0 radical (unpaired) electrons. The van der Waals surface area contributed by atoms with Crippen LogP contribution in [0.2, 0.25) is 5.02 Å². The number of rotatable bonds is 17. The van der Waals surface area contributed by atoms with Crippen LogP contribution in [0.3, 0.4) is 0 Å². The first-order valence-electron chi connectivity index (χ1n) is 13.6. The third kappa shape index (κ3) is 11.3. The molecule has 234 valence electrons. The Labute approximate surface area is 251 Å². The van der Waals surface area contributed by atoms with Gasteiger partial charge in [0.1, 0.15) is 11.9 Å². The molecule has 0 bridgehead atoms. The Balaban J connectivity index is 2.20. The van der Waals surface area contributed by atoms with E-state index in [1.54, 1.807) is 37.3 Å². The van der Waals surface area contributed by atoms with E-state index in [0.29, 0.717) is 12.0 Å². The first kappa shape index (κ1) is 35.7. The van der Waals surface area contributed by atoms with Gasteiger partial charge in [-0.1, -0.05) is 74.9 Å². The zero-order valence-corrected chi connectivity index (χ0v) is 25.7. The first-order valence-corrected chi connectivity index (χ1v) is 15.5. The predicted molar refractivity (Wildman–Crippen MR) is 157 cm³/mol. The summed E-state index contributed by atoms with van der Waals surface area (Å²) >= 11 is 6.07. The summed E-state index contributed by atoms with van der Waals surface area (Å²) in [6, 6.07) is 4.79. The molecule has 13 heteroatoms. The van der Waals surface area contributed by atoms with Crippen LogP contribution in [-0.4, -0.2) is 70.3 Å². The Morgan fingerprint density at radius 3 is 2.57 bits per heavy atom. The van der Waals surface area contributed by atoms with Crippen LogP contribution in [0, 0.1) is 17.8 Å². The number of cyclic esters (lactones) is 1. The van der Waals surface area contributed by atoms with Gasteiger partial charge in [-0.15, -0.1) is 0 Å².